The van der Waals surface area contributed by atoms with E-state index in [-0.39, 0.29) is 24.2 Å². The quantitative estimate of drug-likeness (QED) is 0.456. The molecule has 0 aromatic heterocycles. The highest BCUT2D eigenvalue weighted by Gasteiger charge is 1.96. The van der Waals surface area contributed by atoms with Crippen LogP contribution in [0.25, 0.3) is 0 Å². The van der Waals surface area contributed by atoms with Crippen molar-refractivity contribution in [3.8, 4) is 0 Å². The molecule has 0 amide bonds. The van der Waals surface area contributed by atoms with E-state index in [4.69, 9.17) is 11.5 Å². The lowest BCUT2D eigenvalue weighted by molar-refractivity contribution is 0.628. The molecule has 0 aliphatic rings. The summed E-state index contributed by atoms with van der Waals surface area (Å²) in [6.07, 6.45) is 0. The average molecular weight is 231 g/mol. The summed E-state index contributed by atoms with van der Waals surface area (Å²) in [6.45, 7) is 1.74. The fourth-order valence-electron chi connectivity index (χ4n) is 0.882. The Morgan fingerprint density at radius 1 is 1.13 bits per heavy atom. The fourth-order valence-corrected chi connectivity index (χ4v) is 0.882. The van der Waals surface area contributed by atoms with E-state index in [1.807, 2.05) is 0 Å². The summed E-state index contributed by atoms with van der Waals surface area (Å²) < 4.78 is 12.6. The highest BCUT2D eigenvalue weighted by molar-refractivity contribution is 5.98. The maximum absolute atomic E-state index is 12.6. The van der Waals surface area contributed by atoms with Gasteiger partial charge in [-0.15, -0.1) is 17.5 Å². The SMILES string of the molecule is C/C(=N/N=C(N)N)c1ccc(F)cc1.Cl. The van der Waals surface area contributed by atoms with Crippen molar-refractivity contribution in [2.45, 2.75) is 6.92 Å². The summed E-state index contributed by atoms with van der Waals surface area (Å²) in [7, 11) is 0. The molecule has 82 valence electrons. The molecular formula is C9H12ClFN4. The van der Waals surface area contributed by atoms with Gasteiger partial charge in [0.2, 0.25) is 5.96 Å². The van der Waals surface area contributed by atoms with Crippen LogP contribution in [0.2, 0.25) is 0 Å². The summed E-state index contributed by atoms with van der Waals surface area (Å²) in [5.74, 6) is -0.394. The Hall–Kier alpha value is -1.62. The number of hydrogen-bond acceptors (Lipinski definition) is 2. The monoisotopic (exact) mass is 230 g/mol. The van der Waals surface area contributed by atoms with E-state index in [1.54, 1.807) is 19.1 Å². The van der Waals surface area contributed by atoms with E-state index in [9.17, 15) is 4.39 Å². The first-order valence-electron chi connectivity index (χ1n) is 3.98. The molecule has 0 saturated heterocycles. The van der Waals surface area contributed by atoms with Gasteiger partial charge in [0.1, 0.15) is 5.82 Å². The molecule has 4 N–H and O–H groups in total. The largest absolute Gasteiger partial charge is 0.369 e. The topological polar surface area (TPSA) is 76.8 Å². The minimum Gasteiger partial charge on any atom is -0.369 e. The van der Waals surface area contributed by atoms with Crippen LogP contribution in [0.5, 0.6) is 0 Å². The molecule has 0 aliphatic carbocycles. The van der Waals surface area contributed by atoms with Gasteiger partial charge in [0.15, 0.2) is 0 Å². The van der Waals surface area contributed by atoms with E-state index >= 15 is 0 Å². The van der Waals surface area contributed by atoms with Crippen LogP contribution in [0.3, 0.4) is 0 Å². The van der Waals surface area contributed by atoms with Crippen molar-refractivity contribution in [2.24, 2.45) is 21.7 Å². The van der Waals surface area contributed by atoms with Crippen LogP contribution in [0.1, 0.15) is 12.5 Å². The van der Waals surface area contributed by atoms with E-state index in [1.165, 1.54) is 12.1 Å². The van der Waals surface area contributed by atoms with Crippen molar-refractivity contribution >= 4 is 24.1 Å². The first-order chi connectivity index (χ1) is 6.59. The summed E-state index contributed by atoms with van der Waals surface area (Å²) in [4.78, 5) is 0. The van der Waals surface area contributed by atoms with Gasteiger partial charge in [-0.3, -0.25) is 0 Å². The van der Waals surface area contributed by atoms with Crippen molar-refractivity contribution in [1.82, 2.24) is 0 Å². The average Bonchev–Trinajstić information content (AvgIpc) is 2.15. The van der Waals surface area contributed by atoms with E-state index in [0.717, 1.165) is 5.56 Å². The molecule has 0 fully saturated rings. The Morgan fingerprint density at radius 3 is 2.13 bits per heavy atom. The lowest BCUT2D eigenvalue weighted by Gasteiger charge is -1.97. The van der Waals surface area contributed by atoms with Gasteiger partial charge < -0.3 is 11.5 Å². The Labute approximate surface area is 93.3 Å². The summed E-state index contributed by atoms with van der Waals surface area (Å²) in [5, 5.41) is 7.25. The van der Waals surface area contributed by atoms with Gasteiger partial charge in [0.25, 0.3) is 0 Å². The molecule has 0 saturated carbocycles. The van der Waals surface area contributed by atoms with Crippen molar-refractivity contribution in [3.63, 3.8) is 0 Å². The number of nitrogens with two attached hydrogens (primary N) is 2. The first kappa shape index (κ1) is 13.4. The summed E-state index contributed by atoms with van der Waals surface area (Å²) in [6, 6.07) is 5.92. The van der Waals surface area contributed by atoms with Crippen LogP contribution in [0.4, 0.5) is 4.39 Å². The smallest absolute Gasteiger partial charge is 0.211 e. The number of rotatable bonds is 2. The molecule has 1 rings (SSSR count). The van der Waals surface area contributed by atoms with Gasteiger partial charge in [-0.25, -0.2) is 4.39 Å². The number of nitrogens with zero attached hydrogens (tertiary/aromatic N) is 2. The maximum Gasteiger partial charge on any atom is 0.211 e. The molecule has 0 bridgehead atoms. The van der Waals surface area contributed by atoms with Crippen LogP contribution in [0.15, 0.2) is 34.5 Å². The van der Waals surface area contributed by atoms with Gasteiger partial charge in [-0.1, -0.05) is 12.1 Å². The third kappa shape index (κ3) is 4.42. The van der Waals surface area contributed by atoms with Gasteiger partial charge in [0.05, 0.1) is 5.71 Å². The fraction of sp³-hybridized carbons (Fsp3) is 0.111. The molecule has 0 aliphatic heterocycles. The summed E-state index contributed by atoms with van der Waals surface area (Å²) in [5.41, 5.74) is 11.6. The lowest BCUT2D eigenvalue weighted by atomic mass is 10.1. The highest BCUT2D eigenvalue weighted by Crippen LogP contribution is 2.04. The highest BCUT2D eigenvalue weighted by atomic mass is 35.5. The summed E-state index contributed by atoms with van der Waals surface area (Å²) >= 11 is 0. The van der Waals surface area contributed by atoms with Crippen molar-refractivity contribution < 1.29 is 4.39 Å². The third-order valence-corrected chi connectivity index (χ3v) is 1.58. The van der Waals surface area contributed by atoms with Gasteiger partial charge >= 0.3 is 0 Å². The van der Waals surface area contributed by atoms with Crippen molar-refractivity contribution in [2.75, 3.05) is 0 Å². The molecule has 0 atom stereocenters. The second kappa shape index (κ2) is 5.98. The second-order valence-electron chi connectivity index (χ2n) is 2.72. The molecule has 4 nitrogen and oxygen atoms in total. The van der Waals surface area contributed by atoms with Gasteiger partial charge in [0, 0.05) is 0 Å². The van der Waals surface area contributed by atoms with Crippen LogP contribution < -0.4 is 11.5 Å². The number of guanidine groups is 1. The minimum atomic E-state index is -0.289. The van der Waals surface area contributed by atoms with Crippen LogP contribution in [0, 0.1) is 5.82 Å². The Kier molecular flexibility index (Phi) is 5.33. The van der Waals surface area contributed by atoms with Gasteiger partial charge in [-0.05, 0) is 24.6 Å². The first-order valence-corrected chi connectivity index (χ1v) is 3.98. The predicted octanol–water partition coefficient (Wildman–Crippen LogP) is 1.24. The van der Waals surface area contributed by atoms with E-state index in [2.05, 4.69) is 10.2 Å². The van der Waals surface area contributed by atoms with Crippen LogP contribution in [-0.2, 0) is 0 Å². The van der Waals surface area contributed by atoms with Crippen LogP contribution in [-0.4, -0.2) is 11.7 Å². The minimum absolute atomic E-state index is 0. The van der Waals surface area contributed by atoms with Crippen LogP contribution >= 0.6 is 12.4 Å². The Morgan fingerprint density at radius 2 is 1.67 bits per heavy atom. The maximum atomic E-state index is 12.6. The zero-order chi connectivity index (χ0) is 10.6. The molecule has 1 aromatic carbocycles. The molecule has 0 heterocycles. The Bertz CT molecular complexity index is 368. The molecular weight excluding hydrogens is 219 g/mol. The molecule has 6 heteroatoms. The molecule has 0 unspecified atom stereocenters. The molecule has 0 radical (unpaired) electrons. The predicted molar refractivity (Wildman–Crippen MR) is 61.7 cm³/mol. The van der Waals surface area contributed by atoms with E-state index in [0.29, 0.717) is 5.71 Å². The van der Waals surface area contributed by atoms with Crippen molar-refractivity contribution in [3.05, 3.63) is 35.6 Å². The van der Waals surface area contributed by atoms with E-state index < -0.39 is 0 Å². The number of halogens is 2. The zero-order valence-electron chi connectivity index (χ0n) is 8.14. The number of benzene rings is 1. The third-order valence-electron chi connectivity index (χ3n) is 1.58. The lowest BCUT2D eigenvalue weighted by Crippen LogP contribution is -2.22. The van der Waals surface area contributed by atoms with Gasteiger partial charge in [-0.2, -0.15) is 5.10 Å². The second-order valence-corrected chi connectivity index (χ2v) is 2.72. The zero-order valence-corrected chi connectivity index (χ0v) is 8.96. The molecule has 15 heavy (non-hydrogen) atoms. The Balaban J connectivity index is 0.00000196. The van der Waals surface area contributed by atoms with Crippen molar-refractivity contribution in [1.29, 1.82) is 0 Å². The molecule has 0 spiro atoms. The standard InChI is InChI=1S/C9H11FN4.ClH/c1-6(13-14-9(11)12)7-2-4-8(10)5-3-7;/h2-5H,1H3,(H4,11,12,14);1H/b13-6-;. The normalized spacial score (nSPS) is 10.4. The number of hydrogen-bond donors (Lipinski definition) is 2. The molecule has 1 aromatic rings.